The van der Waals surface area contributed by atoms with E-state index in [4.69, 9.17) is 9.84 Å². The summed E-state index contributed by atoms with van der Waals surface area (Å²) in [5, 5.41) is 12.6. The normalized spacial score (nSPS) is 10.7. The monoisotopic (exact) mass is 370 g/mol. The zero-order valence-corrected chi connectivity index (χ0v) is 13.0. The highest BCUT2D eigenvalue weighted by Gasteiger charge is 2.32. The number of nitrogens with one attached hydrogen (secondary N) is 2. The average molecular weight is 370 g/mol. The molecule has 138 valence electrons. The summed E-state index contributed by atoms with van der Waals surface area (Å²) in [7, 11) is 0. The molecule has 0 aromatic heterocycles. The molecule has 2 amide bonds. The molecule has 10 heteroatoms. The predicted molar refractivity (Wildman–Crippen MR) is 85.0 cm³/mol. The molecule has 3 N–H and O–H groups in total. The van der Waals surface area contributed by atoms with Crippen LogP contribution in [0.15, 0.2) is 48.5 Å². The van der Waals surface area contributed by atoms with Gasteiger partial charge in [0.15, 0.2) is 5.75 Å². The third-order valence-electron chi connectivity index (χ3n) is 2.91. The highest BCUT2D eigenvalue weighted by atomic mass is 19.4. The Morgan fingerprint density at radius 3 is 2.35 bits per heavy atom. The lowest BCUT2D eigenvalue weighted by atomic mass is 10.2. The van der Waals surface area contributed by atoms with Crippen LogP contribution in [0.4, 0.5) is 34.1 Å². The predicted octanol–water partition coefficient (Wildman–Crippen LogP) is 4.42. The van der Waals surface area contributed by atoms with Crippen molar-refractivity contribution in [1.29, 1.82) is 0 Å². The van der Waals surface area contributed by atoms with E-state index in [1.807, 2.05) is 5.32 Å². The van der Waals surface area contributed by atoms with Gasteiger partial charge in [-0.25, -0.2) is 9.59 Å². The maximum Gasteiger partial charge on any atom is 0.573 e. The lowest BCUT2D eigenvalue weighted by Gasteiger charge is -2.15. The Morgan fingerprint density at radius 2 is 1.73 bits per heavy atom. The van der Waals surface area contributed by atoms with Gasteiger partial charge in [0.1, 0.15) is 6.61 Å². The van der Waals surface area contributed by atoms with Gasteiger partial charge in [0.05, 0.1) is 5.69 Å². The van der Waals surface area contributed by atoms with Crippen LogP contribution >= 0.6 is 0 Å². The van der Waals surface area contributed by atoms with Gasteiger partial charge < -0.3 is 14.6 Å². The smallest absolute Gasteiger partial charge is 0.465 e. The maximum absolute atomic E-state index is 12.5. The first-order valence-corrected chi connectivity index (χ1v) is 7.10. The number of rotatable bonds is 5. The maximum atomic E-state index is 12.5. The average Bonchev–Trinajstić information content (AvgIpc) is 2.54. The third kappa shape index (κ3) is 6.23. The Hall–Kier alpha value is -3.43. The number of alkyl halides is 3. The van der Waals surface area contributed by atoms with E-state index in [1.54, 1.807) is 30.3 Å². The number of hydrogen-bond acceptors (Lipinski definition) is 4. The van der Waals surface area contributed by atoms with Gasteiger partial charge in [-0.3, -0.25) is 10.6 Å². The standard InChI is InChI=1S/C16H13F3N2O5/c17-16(18,19)26-13-8-11(20-14(22)23)6-7-12(13)21-15(24)25-9-10-4-2-1-3-5-10/h1-8,20H,9H2,(H,21,24)(H,22,23). The van der Waals surface area contributed by atoms with E-state index >= 15 is 0 Å². The van der Waals surface area contributed by atoms with Crippen molar-refractivity contribution in [2.75, 3.05) is 10.6 Å². The summed E-state index contributed by atoms with van der Waals surface area (Å²) >= 11 is 0. The number of carbonyl (C=O) groups excluding carboxylic acids is 1. The first-order chi connectivity index (χ1) is 12.2. The van der Waals surface area contributed by atoms with Crippen LogP contribution in [0.2, 0.25) is 0 Å². The Kier molecular flexibility index (Phi) is 5.89. The Bertz CT molecular complexity index is 781. The van der Waals surface area contributed by atoms with Crippen LogP contribution in [0.5, 0.6) is 5.75 Å². The molecule has 0 heterocycles. The van der Waals surface area contributed by atoms with E-state index in [0.717, 1.165) is 18.2 Å². The molecule has 26 heavy (non-hydrogen) atoms. The van der Waals surface area contributed by atoms with Crippen molar-refractivity contribution in [2.45, 2.75) is 13.0 Å². The zero-order valence-electron chi connectivity index (χ0n) is 13.0. The fourth-order valence-electron chi connectivity index (χ4n) is 1.91. The van der Waals surface area contributed by atoms with E-state index in [2.05, 4.69) is 10.1 Å². The summed E-state index contributed by atoms with van der Waals surface area (Å²) in [4.78, 5) is 22.4. The number of benzene rings is 2. The molecule has 0 aliphatic heterocycles. The van der Waals surface area contributed by atoms with Crippen LogP contribution in [-0.4, -0.2) is 23.7 Å². The molecule has 0 atom stereocenters. The highest BCUT2D eigenvalue weighted by molar-refractivity contribution is 5.89. The van der Waals surface area contributed by atoms with Crippen molar-refractivity contribution in [1.82, 2.24) is 0 Å². The van der Waals surface area contributed by atoms with Crippen LogP contribution in [0.3, 0.4) is 0 Å². The SMILES string of the molecule is O=C(O)Nc1ccc(NC(=O)OCc2ccccc2)c(OC(F)(F)F)c1. The first kappa shape index (κ1) is 18.9. The minimum atomic E-state index is -5.04. The van der Waals surface area contributed by atoms with Crippen LogP contribution in [-0.2, 0) is 11.3 Å². The molecule has 0 fully saturated rings. The second kappa shape index (κ2) is 8.10. The molecule has 0 radical (unpaired) electrons. The summed E-state index contributed by atoms with van der Waals surface area (Å²) in [6.45, 7) is -0.0826. The summed E-state index contributed by atoms with van der Waals surface area (Å²) in [5.74, 6) is -0.791. The number of halogens is 3. The van der Waals surface area contributed by atoms with Crippen LogP contribution in [0.25, 0.3) is 0 Å². The third-order valence-corrected chi connectivity index (χ3v) is 2.91. The quantitative estimate of drug-likeness (QED) is 0.724. The number of anilines is 2. The zero-order chi connectivity index (χ0) is 19.2. The molecule has 0 unspecified atom stereocenters. The molecular formula is C16H13F3N2O5. The second-order valence-electron chi connectivity index (χ2n) is 4.88. The van der Waals surface area contributed by atoms with E-state index < -0.39 is 24.3 Å². The lowest BCUT2D eigenvalue weighted by molar-refractivity contribution is -0.274. The van der Waals surface area contributed by atoms with Gasteiger partial charge in [0.2, 0.25) is 0 Å². The van der Waals surface area contributed by atoms with E-state index in [0.29, 0.717) is 5.56 Å². The number of carboxylic acid groups (broad SMARTS) is 1. The molecule has 7 nitrogen and oxygen atoms in total. The first-order valence-electron chi connectivity index (χ1n) is 7.10. The molecule has 2 aromatic rings. The number of carbonyl (C=O) groups is 2. The summed E-state index contributed by atoms with van der Waals surface area (Å²) in [6.07, 6.45) is -7.50. The van der Waals surface area contributed by atoms with Crippen molar-refractivity contribution in [2.24, 2.45) is 0 Å². The Morgan fingerprint density at radius 1 is 1.04 bits per heavy atom. The van der Waals surface area contributed by atoms with Gasteiger partial charge in [0.25, 0.3) is 0 Å². The minimum absolute atomic E-state index is 0.0826. The topological polar surface area (TPSA) is 96.9 Å². The highest BCUT2D eigenvalue weighted by Crippen LogP contribution is 2.33. The van der Waals surface area contributed by atoms with E-state index in [1.165, 1.54) is 0 Å². The minimum Gasteiger partial charge on any atom is -0.465 e. The molecule has 0 bridgehead atoms. The molecule has 0 spiro atoms. The van der Waals surface area contributed by atoms with Crippen molar-refractivity contribution < 1.29 is 37.3 Å². The fraction of sp³-hybridized carbons (Fsp3) is 0.125. The summed E-state index contributed by atoms with van der Waals surface area (Å²) < 4.78 is 46.3. The van der Waals surface area contributed by atoms with E-state index in [9.17, 15) is 22.8 Å². The summed E-state index contributed by atoms with van der Waals surface area (Å²) in [6, 6.07) is 11.7. The lowest BCUT2D eigenvalue weighted by Crippen LogP contribution is -2.20. The second-order valence-corrected chi connectivity index (χ2v) is 4.88. The molecule has 2 rings (SSSR count). The van der Waals surface area contributed by atoms with Crippen LogP contribution < -0.4 is 15.4 Å². The molecule has 0 aliphatic carbocycles. The van der Waals surface area contributed by atoms with Crippen molar-refractivity contribution in [3.63, 3.8) is 0 Å². The summed E-state index contributed by atoms with van der Waals surface area (Å²) in [5.41, 5.74) is 0.187. The molecule has 2 aromatic carbocycles. The van der Waals surface area contributed by atoms with Crippen LogP contribution in [0.1, 0.15) is 5.56 Å². The molecular weight excluding hydrogens is 357 g/mol. The van der Waals surface area contributed by atoms with E-state index in [-0.39, 0.29) is 18.0 Å². The Labute approximate surface area is 145 Å². The Balaban J connectivity index is 2.10. The fourth-order valence-corrected chi connectivity index (χ4v) is 1.91. The van der Waals surface area contributed by atoms with Gasteiger partial charge in [-0.1, -0.05) is 30.3 Å². The molecule has 0 aliphatic rings. The van der Waals surface area contributed by atoms with Crippen molar-refractivity contribution in [3.8, 4) is 5.75 Å². The molecule has 0 saturated heterocycles. The van der Waals surface area contributed by atoms with Crippen molar-refractivity contribution >= 4 is 23.6 Å². The van der Waals surface area contributed by atoms with Gasteiger partial charge in [-0.2, -0.15) is 0 Å². The van der Waals surface area contributed by atoms with Gasteiger partial charge >= 0.3 is 18.5 Å². The largest absolute Gasteiger partial charge is 0.573 e. The van der Waals surface area contributed by atoms with Crippen molar-refractivity contribution in [3.05, 3.63) is 54.1 Å². The number of ether oxygens (including phenoxy) is 2. The van der Waals surface area contributed by atoms with Gasteiger partial charge in [0, 0.05) is 11.8 Å². The number of hydrogen-bond donors (Lipinski definition) is 3. The van der Waals surface area contributed by atoms with Gasteiger partial charge in [-0.15, -0.1) is 13.2 Å². The van der Waals surface area contributed by atoms with Gasteiger partial charge in [-0.05, 0) is 17.7 Å². The van der Waals surface area contributed by atoms with Crippen LogP contribution in [0, 0.1) is 0 Å². The molecule has 0 saturated carbocycles. The number of amides is 2.